The van der Waals surface area contributed by atoms with Gasteiger partial charge in [-0.15, -0.1) is 0 Å². The molecule has 0 aromatic carbocycles. The minimum absolute atomic E-state index is 0.0356. The second kappa shape index (κ2) is 8.73. The number of aryl methyl sites for hydroxylation is 2. The van der Waals surface area contributed by atoms with Gasteiger partial charge in [-0.2, -0.15) is 5.10 Å². The van der Waals surface area contributed by atoms with Crippen molar-refractivity contribution in [2.45, 2.75) is 46.6 Å². The number of carbonyl (C=O) groups is 1. The Hall–Kier alpha value is -1.62. The molecule has 0 spiro atoms. The van der Waals surface area contributed by atoms with E-state index in [1.807, 2.05) is 36.6 Å². The standard InChI is InChI=1S/C17H29N3O2/c1-7-15(8-2)20(11-12-22-6)17(21)10-9-16-13(3)18-19(5)14(16)4/h9-10,15H,7-8,11-12H2,1-6H3. The highest BCUT2D eigenvalue weighted by Gasteiger charge is 2.19. The molecular formula is C17H29N3O2. The lowest BCUT2D eigenvalue weighted by Crippen LogP contribution is -2.40. The second-order valence-electron chi connectivity index (χ2n) is 5.54. The van der Waals surface area contributed by atoms with Gasteiger partial charge in [-0.05, 0) is 32.8 Å². The molecule has 0 unspecified atom stereocenters. The van der Waals surface area contributed by atoms with E-state index in [0.29, 0.717) is 13.2 Å². The van der Waals surface area contributed by atoms with Crippen LogP contribution in [0.25, 0.3) is 6.08 Å². The van der Waals surface area contributed by atoms with E-state index in [1.165, 1.54) is 0 Å². The van der Waals surface area contributed by atoms with Gasteiger partial charge in [-0.25, -0.2) is 0 Å². The number of methoxy groups -OCH3 is 1. The first kappa shape index (κ1) is 18.4. The van der Waals surface area contributed by atoms with Gasteiger partial charge in [-0.3, -0.25) is 9.48 Å². The van der Waals surface area contributed by atoms with Crippen LogP contribution in [0.2, 0.25) is 0 Å². The molecule has 1 amide bonds. The zero-order chi connectivity index (χ0) is 16.7. The number of rotatable bonds is 8. The molecule has 0 saturated carbocycles. The van der Waals surface area contributed by atoms with Crippen molar-refractivity contribution >= 4 is 12.0 Å². The summed E-state index contributed by atoms with van der Waals surface area (Å²) >= 11 is 0. The Bertz CT molecular complexity index is 516. The quantitative estimate of drug-likeness (QED) is 0.694. The van der Waals surface area contributed by atoms with Crippen LogP contribution in [-0.2, 0) is 16.6 Å². The van der Waals surface area contributed by atoms with Crippen LogP contribution in [0.1, 0.15) is 43.6 Å². The molecule has 0 saturated heterocycles. The Morgan fingerprint density at radius 2 is 2.00 bits per heavy atom. The molecule has 0 aliphatic rings. The lowest BCUT2D eigenvalue weighted by Gasteiger charge is -2.29. The highest BCUT2D eigenvalue weighted by molar-refractivity contribution is 5.92. The molecule has 0 radical (unpaired) electrons. The van der Waals surface area contributed by atoms with Crippen LogP contribution in [0, 0.1) is 13.8 Å². The van der Waals surface area contributed by atoms with E-state index < -0.39 is 0 Å². The molecule has 5 nitrogen and oxygen atoms in total. The first-order valence-electron chi connectivity index (χ1n) is 7.93. The van der Waals surface area contributed by atoms with Crippen LogP contribution in [0.3, 0.4) is 0 Å². The molecular weight excluding hydrogens is 278 g/mol. The number of hydrogen-bond acceptors (Lipinski definition) is 3. The van der Waals surface area contributed by atoms with E-state index in [9.17, 15) is 4.79 Å². The van der Waals surface area contributed by atoms with E-state index in [0.717, 1.165) is 29.8 Å². The van der Waals surface area contributed by atoms with Crippen LogP contribution in [0.15, 0.2) is 6.08 Å². The highest BCUT2D eigenvalue weighted by atomic mass is 16.5. The van der Waals surface area contributed by atoms with E-state index in [4.69, 9.17) is 4.74 Å². The summed E-state index contributed by atoms with van der Waals surface area (Å²) in [7, 11) is 3.57. The molecule has 124 valence electrons. The smallest absolute Gasteiger partial charge is 0.246 e. The van der Waals surface area contributed by atoms with Crippen molar-refractivity contribution in [3.8, 4) is 0 Å². The molecule has 0 N–H and O–H groups in total. The van der Waals surface area contributed by atoms with Gasteiger partial charge < -0.3 is 9.64 Å². The summed E-state index contributed by atoms with van der Waals surface area (Å²) in [5, 5.41) is 4.37. The van der Waals surface area contributed by atoms with Gasteiger partial charge in [0.25, 0.3) is 0 Å². The fourth-order valence-corrected chi connectivity index (χ4v) is 2.67. The molecule has 22 heavy (non-hydrogen) atoms. The van der Waals surface area contributed by atoms with Crippen LogP contribution in [0.4, 0.5) is 0 Å². The number of hydrogen-bond donors (Lipinski definition) is 0. The van der Waals surface area contributed by atoms with Crippen molar-refractivity contribution in [1.29, 1.82) is 0 Å². The maximum absolute atomic E-state index is 12.6. The number of carbonyl (C=O) groups excluding carboxylic acids is 1. The number of amides is 1. The Morgan fingerprint density at radius 1 is 1.36 bits per heavy atom. The summed E-state index contributed by atoms with van der Waals surface area (Å²) in [5.74, 6) is 0.0356. The molecule has 1 aromatic rings. The average Bonchev–Trinajstić information content (AvgIpc) is 2.74. The molecule has 1 heterocycles. The minimum atomic E-state index is 0.0356. The third kappa shape index (κ3) is 4.44. The maximum atomic E-state index is 12.6. The van der Waals surface area contributed by atoms with Crippen molar-refractivity contribution in [3.63, 3.8) is 0 Å². The lowest BCUT2D eigenvalue weighted by molar-refractivity contribution is -0.129. The molecule has 0 bridgehead atoms. The summed E-state index contributed by atoms with van der Waals surface area (Å²) < 4.78 is 6.97. The van der Waals surface area contributed by atoms with Crippen molar-refractivity contribution in [2.24, 2.45) is 7.05 Å². The fraction of sp³-hybridized carbons (Fsp3) is 0.647. The molecule has 0 fully saturated rings. The Kier molecular flexibility index (Phi) is 7.32. The van der Waals surface area contributed by atoms with Gasteiger partial charge in [0.1, 0.15) is 0 Å². The average molecular weight is 307 g/mol. The molecule has 0 aliphatic carbocycles. The zero-order valence-corrected chi connectivity index (χ0v) is 14.7. The number of ether oxygens (including phenoxy) is 1. The van der Waals surface area contributed by atoms with Crippen molar-refractivity contribution in [3.05, 3.63) is 23.0 Å². The summed E-state index contributed by atoms with van der Waals surface area (Å²) in [4.78, 5) is 14.5. The monoisotopic (exact) mass is 307 g/mol. The third-order valence-electron chi connectivity index (χ3n) is 4.16. The van der Waals surface area contributed by atoms with E-state index in [-0.39, 0.29) is 11.9 Å². The molecule has 1 aromatic heterocycles. The van der Waals surface area contributed by atoms with Crippen LogP contribution >= 0.6 is 0 Å². The first-order chi connectivity index (χ1) is 10.5. The second-order valence-corrected chi connectivity index (χ2v) is 5.54. The summed E-state index contributed by atoms with van der Waals surface area (Å²) in [5.41, 5.74) is 3.02. The van der Waals surface area contributed by atoms with E-state index in [1.54, 1.807) is 13.2 Å². The number of aromatic nitrogens is 2. The van der Waals surface area contributed by atoms with Crippen molar-refractivity contribution in [1.82, 2.24) is 14.7 Å². The minimum Gasteiger partial charge on any atom is -0.383 e. The van der Waals surface area contributed by atoms with Gasteiger partial charge in [0.05, 0.1) is 12.3 Å². The topological polar surface area (TPSA) is 47.4 Å². The van der Waals surface area contributed by atoms with Crippen LogP contribution < -0.4 is 0 Å². The Balaban J connectivity index is 2.91. The van der Waals surface area contributed by atoms with Gasteiger partial charge >= 0.3 is 0 Å². The van der Waals surface area contributed by atoms with Gasteiger partial charge in [0.15, 0.2) is 0 Å². The van der Waals surface area contributed by atoms with Gasteiger partial charge in [0.2, 0.25) is 5.91 Å². The van der Waals surface area contributed by atoms with Crippen LogP contribution in [0.5, 0.6) is 0 Å². The third-order valence-corrected chi connectivity index (χ3v) is 4.16. The fourth-order valence-electron chi connectivity index (χ4n) is 2.67. The van der Waals surface area contributed by atoms with Crippen molar-refractivity contribution < 1.29 is 9.53 Å². The zero-order valence-electron chi connectivity index (χ0n) is 14.7. The summed E-state index contributed by atoms with van der Waals surface area (Å²) in [6, 6.07) is 0.253. The van der Waals surface area contributed by atoms with Crippen LogP contribution in [-0.4, -0.2) is 46.9 Å². The first-order valence-corrected chi connectivity index (χ1v) is 7.93. The molecule has 0 atom stereocenters. The largest absolute Gasteiger partial charge is 0.383 e. The SMILES string of the molecule is CCC(CC)N(CCOC)C(=O)C=Cc1c(C)nn(C)c1C. The maximum Gasteiger partial charge on any atom is 0.246 e. The van der Waals surface area contributed by atoms with Gasteiger partial charge in [0, 0.05) is 44.1 Å². The molecule has 1 rings (SSSR count). The van der Waals surface area contributed by atoms with Gasteiger partial charge in [-0.1, -0.05) is 13.8 Å². The Morgan fingerprint density at radius 3 is 2.45 bits per heavy atom. The lowest BCUT2D eigenvalue weighted by atomic mass is 10.1. The van der Waals surface area contributed by atoms with E-state index in [2.05, 4.69) is 18.9 Å². The molecule has 0 aliphatic heterocycles. The normalized spacial score (nSPS) is 11.6. The summed E-state index contributed by atoms with van der Waals surface area (Å²) in [6.07, 6.45) is 5.43. The highest BCUT2D eigenvalue weighted by Crippen LogP contribution is 2.15. The number of nitrogens with zero attached hydrogens (tertiary/aromatic N) is 3. The summed E-state index contributed by atoms with van der Waals surface area (Å²) in [6.45, 7) is 9.37. The predicted molar refractivity (Wildman–Crippen MR) is 89.7 cm³/mol. The molecule has 5 heteroatoms. The Labute approximate surface area is 133 Å². The van der Waals surface area contributed by atoms with Crippen molar-refractivity contribution in [2.75, 3.05) is 20.3 Å². The predicted octanol–water partition coefficient (Wildman–Crippen LogP) is 2.71. The van der Waals surface area contributed by atoms with E-state index >= 15 is 0 Å².